The number of ether oxygens (including phenoxy) is 1. The quantitative estimate of drug-likeness (QED) is 0.475. The second-order valence-electron chi connectivity index (χ2n) is 7.60. The zero-order valence-corrected chi connectivity index (χ0v) is 17.8. The summed E-state index contributed by atoms with van der Waals surface area (Å²) in [5, 5.41) is 8.19. The van der Waals surface area contributed by atoms with Gasteiger partial charge in [-0.05, 0) is 50.6 Å². The highest BCUT2D eigenvalue weighted by Gasteiger charge is 2.34. The van der Waals surface area contributed by atoms with Gasteiger partial charge in [-0.15, -0.1) is 0 Å². The van der Waals surface area contributed by atoms with Crippen LogP contribution in [0, 0.1) is 0 Å². The Labute approximate surface area is 179 Å². The summed E-state index contributed by atoms with van der Waals surface area (Å²) in [4.78, 5) is 19.8. The molecule has 0 unspecified atom stereocenters. The Kier molecular flexibility index (Phi) is 7.84. The Morgan fingerprint density at radius 2 is 1.90 bits per heavy atom. The van der Waals surface area contributed by atoms with Crippen LogP contribution in [0.25, 0.3) is 0 Å². The fourth-order valence-electron chi connectivity index (χ4n) is 2.60. The standard InChI is InChI=1S/C21H26F3N5O2/c1-20(2,3)31-16-8-7-14(17(10-16)21(22,23)24)11-27-19(25-4)28-13-18(30)29-15-6-5-9-26-12-15/h5-10,12H,11,13H2,1-4H3,(H,29,30)(H2,25,27,28). The molecule has 31 heavy (non-hydrogen) atoms. The van der Waals surface area contributed by atoms with Crippen molar-refractivity contribution in [1.82, 2.24) is 15.6 Å². The highest BCUT2D eigenvalue weighted by molar-refractivity contribution is 5.94. The predicted octanol–water partition coefficient (Wildman–Crippen LogP) is 3.58. The Morgan fingerprint density at radius 3 is 2.48 bits per heavy atom. The van der Waals surface area contributed by atoms with E-state index in [4.69, 9.17) is 4.74 Å². The highest BCUT2D eigenvalue weighted by Crippen LogP contribution is 2.35. The van der Waals surface area contributed by atoms with Crippen molar-refractivity contribution >= 4 is 17.6 Å². The number of rotatable bonds is 6. The molecule has 0 aliphatic carbocycles. The number of carbonyl (C=O) groups excluding carboxylic acids is 1. The molecule has 7 nitrogen and oxygen atoms in total. The molecule has 1 amide bonds. The molecule has 0 atom stereocenters. The number of amides is 1. The van der Waals surface area contributed by atoms with Crippen molar-refractivity contribution in [2.45, 2.75) is 39.1 Å². The van der Waals surface area contributed by atoms with Crippen LogP contribution in [0.3, 0.4) is 0 Å². The molecule has 0 spiro atoms. The first-order valence-corrected chi connectivity index (χ1v) is 9.51. The molecule has 0 saturated heterocycles. The number of aromatic nitrogens is 1. The van der Waals surface area contributed by atoms with Crippen LogP contribution >= 0.6 is 0 Å². The third-order valence-electron chi connectivity index (χ3n) is 3.84. The second-order valence-corrected chi connectivity index (χ2v) is 7.60. The number of alkyl halides is 3. The van der Waals surface area contributed by atoms with Crippen LogP contribution in [0.1, 0.15) is 31.9 Å². The van der Waals surface area contributed by atoms with Gasteiger partial charge in [0.25, 0.3) is 0 Å². The van der Waals surface area contributed by atoms with E-state index in [-0.39, 0.29) is 36.3 Å². The summed E-state index contributed by atoms with van der Waals surface area (Å²) in [6.45, 7) is 5.01. The Hall–Kier alpha value is -3.30. The van der Waals surface area contributed by atoms with Crippen LogP contribution in [-0.2, 0) is 17.5 Å². The first-order valence-electron chi connectivity index (χ1n) is 9.51. The molecular weight excluding hydrogens is 411 g/mol. The molecule has 0 radical (unpaired) electrons. The first kappa shape index (κ1) is 24.0. The number of aliphatic imine (C=N–C) groups is 1. The maximum atomic E-state index is 13.5. The van der Waals surface area contributed by atoms with Crippen LogP contribution in [-0.4, -0.2) is 36.0 Å². The maximum absolute atomic E-state index is 13.5. The van der Waals surface area contributed by atoms with Crippen LogP contribution in [0.15, 0.2) is 47.7 Å². The van der Waals surface area contributed by atoms with Gasteiger partial charge >= 0.3 is 6.18 Å². The summed E-state index contributed by atoms with van der Waals surface area (Å²) >= 11 is 0. The van der Waals surface area contributed by atoms with Crippen molar-refractivity contribution in [2.75, 3.05) is 18.9 Å². The number of benzene rings is 1. The van der Waals surface area contributed by atoms with Crippen LogP contribution in [0.2, 0.25) is 0 Å². The minimum atomic E-state index is -4.55. The van der Waals surface area contributed by atoms with Crippen molar-refractivity contribution in [1.29, 1.82) is 0 Å². The van der Waals surface area contributed by atoms with Crippen LogP contribution < -0.4 is 20.7 Å². The summed E-state index contributed by atoms with van der Waals surface area (Å²) in [5.74, 6) is -0.0294. The van der Waals surface area contributed by atoms with Gasteiger partial charge in [0.1, 0.15) is 11.4 Å². The van der Waals surface area contributed by atoms with E-state index in [0.717, 1.165) is 6.07 Å². The Morgan fingerprint density at radius 1 is 1.16 bits per heavy atom. The smallest absolute Gasteiger partial charge is 0.416 e. The van der Waals surface area contributed by atoms with Gasteiger partial charge in [0.15, 0.2) is 5.96 Å². The molecule has 1 aromatic carbocycles. The summed E-state index contributed by atoms with van der Waals surface area (Å²) in [5.41, 5.74) is -0.863. The molecular formula is C21H26F3N5O2. The summed E-state index contributed by atoms with van der Waals surface area (Å²) in [7, 11) is 1.46. The average Bonchev–Trinajstić information content (AvgIpc) is 2.67. The van der Waals surface area contributed by atoms with Crippen molar-refractivity contribution in [3.05, 3.63) is 53.9 Å². The SMILES string of the molecule is CN=C(NCC(=O)Nc1cccnc1)NCc1ccc(OC(C)(C)C)cc1C(F)(F)F. The zero-order chi connectivity index (χ0) is 23.1. The molecule has 10 heteroatoms. The van der Waals surface area contributed by atoms with Crippen molar-refractivity contribution < 1.29 is 22.7 Å². The fourth-order valence-corrected chi connectivity index (χ4v) is 2.60. The summed E-state index contributed by atoms with van der Waals surface area (Å²) in [6, 6.07) is 7.21. The molecule has 168 valence electrons. The number of carbonyl (C=O) groups is 1. The minimum Gasteiger partial charge on any atom is -0.488 e. The summed E-state index contributed by atoms with van der Waals surface area (Å²) in [6.07, 6.45) is -1.47. The zero-order valence-electron chi connectivity index (χ0n) is 17.8. The lowest BCUT2D eigenvalue weighted by molar-refractivity contribution is -0.138. The molecule has 2 rings (SSSR count). The van der Waals surface area contributed by atoms with Gasteiger partial charge < -0.3 is 20.7 Å². The second kappa shape index (κ2) is 10.1. The Balaban J connectivity index is 2.00. The Bertz CT molecular complexity index is 909. The van der Waals surface area contributed by atoms with Crippen LogP contribution in [0.4, 0.5) is 18.9 Å². The van der Waals surface area contributed by atoms with Gasteiger partial charge in [0, 0.05) is 19.8 Å². The molecule has 0 fully saturated rings. The van der Waals surface area contributed by atoms with E-state index in [2.05, 4.69) is 25.9 Å². The lowest BCUT2D eigenvalue weighted by Gasteiger charge is -2.23. The number of hydrogen-bond acceptors (Lipinski definition) is 4. The first-order chi connectivity index (χ1) is 14.5. The average molecular weight is 437 g/mol. The van der Waals surface area contributed by atoms with E-state index < -0.39 is 17.3 Å². The number of anilines is 1. The normalized spacial score (nSPS) is 12.3. The third kappa shape index (κ3) is 8.15. The van der Waals surface area contributed by atoms with E-state index in [1.54, 1.807) is 39.1 Å². The monoisotopic (exact) mass is 437 g/mol. The van der Waals surface area contributed by atoms with Gasteiger partial charge in [-0.1, -0.05) is 6.07 Å². The van der Waals surface area contributed by atoms with E-state index in [0.29, 0.717) is 5.69 Å². The molecule has 0 aliphatic heterocycles. The van der Waals surface area contributed by atoms with Crippen LogP contribution in [0.5, 0.6) is 5.75 Å². The molecule has 1 heterocycles. The maximum Gasteiger partial charge on any atom is 0.416 e. The lowest BCUT2D eigenvalue weighted by atomic mass is 10.1. The number of nitrogens with one attached hydrogen (secondary N) is 3. The minimum absolute atomic E-state index is 0.0246. The molecule has 0 aliphatic rings. The number of halogens is 3. The number of hydrogen-bond donors (Lipinski definition) is 3. The van der Waals surface area contributed by atoms with Crippen molar-refractivity contribution in [3.63, 3.8) is 0 Å². The molecule has 1 aromatic heterocycles. The molecule has 0 saturated carbocycles. The van der Waals surface area contributed by atoms with Crippen molar-refractivity contribution in [3.8, 4) is 5.75 Å². The van der Waals surface area contributed by atoms with Gasteiger partial charge in [0.2, 0.25) is 5.91 Å². The van der Waals surface area contributed by atoms with E-state index in [9.17, 15) is 18.0 Å². The van der Waals surface area contributed by atoms with Gasteiger partial charge in [-0.2, -0.15) is 13.2 Å². The highest BCUT2D eigenvalue weighted by atomic mass is 19.4. The lowest BCUT2D eigenvalue weighted by Crippen LogP contribution is -2.41. The van der Waals surface area contributed by atoms with E-state index in [1.165, 1.54) is 25.4 Å². The fraction of sp³-hybridized carbons (Fsp3) is 0.381. The molecule has 3 N–H and O–H groups in total. The van der Waals surface area contributed by atoms with Gasteiger partial charge in [0.05, 0.1) is 24.0 Å². The third-order valence-corrected chi connectivity index (χ3v) is 3.84. The van der Waals surface area contributed by atoms with Crippen molar-refractivity contribution in [2.24, 2.45) is 4.99 Å². The number of guanidine groups is 1. The number of nitrogens with zero attached hydrogens (tertiary/aromatic N) is 2. The van der Waals surface area contributed by atoms with E-state index in [1.807, 2.05) is 0 Å². The van der Waals surface area contributed by atoms with Gasteiger partial charge in [-0.3, -0.25) is 14.8 Å². The summed E-state index contributed by atoms with van der Waals surface area (Å²) < 4.78 is 46.2. The number of pyridine rings is 1. The van der Waals surface area contributed by atoms with Gasteiger partial charge in [-0.25, -0.2) is 0 Å². The van der Waals surface area contributed by atoms with E-state index >= 15 is 0 Å². The molecule has 2 aromatic rings. The predicted molar refractivity (Wildman–Crippen MR) is 113 cm³/mol. The molecule has 0 bridgehead atoms. The largest absolute Gasteiger partial charge is 0.488 e. The topological polar surface area (TPSA) is 87.6 Å².